The van der Waals surface area contributed by atoms with Gasteiger partial charge in [-0.3, -0.25) is 0 Å². The summed E-state index contributed by atoms with van der Waals surface area (Å²) >= 11 is -0.178. The average Bonchev–Trinajstić information content (AvgIpc) is 2.57. The van der Waals surface area contributed by atoms with Gasteiger partial charge in [-0.2, -0.15) is 0 Å². The number of benzene rings is 1. The van der Waals surface area contributed by atoms with Gasteiger partial charge in [-0.15, -0.1) is 0 Å². The fourth-order valence-corrected chi connectivity index (χ4v) is 12.5. The van der Waals surface area contributed by atoms with E-state index in [4.69, 9.17) is 0 Å². The van der Waals surface area contributed by atoms with Crippen molar-refractivity contribution in [3.05, 3.63) is 41.0 Å². The Bertz CT molecular complexity index is 405. The van der Waals surface area contributed by atoms with Crippen LogP contribution in [0.3, 0.4) is 0 Å². The van der Waals surface area contributed by atoms with Crippen molar-refractivity contribution in [3.8, 4) is 0 Å². The Kier molecular flexibility index (Phi) is 10.3. The molecule has 0 heterocycles. The van der Waals surface area contributed by atoms with Crippen molar-refractivity contribution in [2.75, 3.05) is 0 Å². The summed E-state index contributed by atoms with van der Waals surface area (Å²) in [4.78, 5) is 0. The van der Waals surface area contributed by atoms with Crippen LogP contribution in [0.1, 0.15) is 34.5 Å². The summed E-state index contributed by atoms with van der Waals surface area (Å²) < 4.78 is 0.923. The molecule has 0 saturated carbocycles. The largest absolute Gasteiger partial charge is 1.00 e. The Morgan fingerprint density at radius 2 is 1.83 bits per heavy atom. The molecule has 1 aliphatic rings. The Labute approximate surface area is 158 Å². The summed E-state index contributed by atoms with van der Waals surface area (Å²) in [6.45, 7) is 7.38. The van der Waals surface area contributed by atoms with Gasteiger partial charge < -0.3 is 48.0 Å². The molecular weight excluding hydrogens is 541 g/mol. The molecule has 0 spiro atoms. The standard InChI is InChI=1S/C12H13.C2H7Si.2HI.Zr/c1-2-5-10-8-11-6-3-4-7-12(11)9-10;1-3-2;;;/h3-4,6-9H,2,5H2,1H3;3H,1-2H3;2*1H;/q;;;;+2/p-2. The van der Waals surface area contributed by atoms with Crippen LogP contribution >= 0.6 is 0 Å². The number of fused-ring (bicyclic) bond motifs is 1. The molecule has 98 valence electrons. The number of rotatable bonds is 4. The summed E-state index contributed by atoms with van der Waals surface area (Å²) in [7, 11) is 0. The molecule has 0 radical (unpaired) electrons. The van der Waals surface area contributed by atoms with Crippen molar-refractivity contribution < 1.29 is 70.3 Å². The van der Waals surface area contributed by atoms with Crippen LogP contribution in [0, 0.1) is 0 Å². The van der Waals surface area contributed by atoms with Gasteiger partial charge in [0.05, 0.1) is 0 Å². The second kappa shape index (κ2) is 9.46. The fourth-order valence-electron chi connectivity index (χ4n) is 2.42. The molecule has 0 aromatic heterocycles. The topological polar surface area (TPSA) is 0 Å². The molecule has 1 atom stereocenters. The van der Waals surface area contributed by atoms with Gasteiger partial charge in [-0.25, -0.2) is 0 Å². The quantitative estimate of drug-likeness (QED) is 0.295. The summed E-state index contributed by atoms with van der Waals surface area (Å²) in [6.07, 6.45) is 5.11. The third kappa shape index (κ3) is 4.81. The monoisotopic (exact) mass is 560 g/mol. The number of hydrogen-bond acceptors (Lipinski definition) is 0. The molecular formula is C14H20I2SiZr. The van der Waals surface area contributed by atoms with Gasteiger partial charge in [0.2, 0.25) is 0 Å². The van der Waals surface area contributed by atoms with Crippen LogP contribution in [0.4, 0.5) is 0 Å². The zero-order chi connectivity index (χ0) is 11.5. The van der Waals surface area contributed by atoms with Crippen molar-refractivity contribution in [2.45, 2.75) is 36.5 Å². The second-order valence-electron chi connectivity index (χ2n) is 4.85. The first-order chi connectivity index (χ1) is 7.72. The molecule has 0 amide bonds. The van der Waals surface area contributed by atoms with E-state index >= 15 is 0 Å². The van der Waals surface area contributed by atoms with E-state index in [-0.39, 0.29) is 76.3 Å². The number of allylic oxidation sites excluding steroid dienone is 1. The number of halogens is 2. The average molecular weight is 561 g/mol. The van der Waals surface area contributed by atoms with Gasteiger partial charge in [0, 0.05) is 0 Å². The first-order valence-electron chi connectivity index (χ1n) is 6.27. The molecule has 0 bridgehead atoms. The minimum atomic E-state index is -0.317. The van der Waals surface area contributed by atoms with Gasteiger partial charge in [0.15, 0.2) is 0 Å². The van der Waals surface area contributed by atoms with Crippen LogP contribution in [0.15, 0.2) is 29.8 Å². The molecule has 4 heteroatoms. The molecule has 1 unspecified atom stereocenters. The van der Waals surface area contributed by atoms with Gasteiger partial charge in [0.1, 0.15) is 0 Å². The van der Waals surface area contributed by atoms with E-state index in [1.54, 1.807) is 11.1 Å². The third-order valence-corrected chi connectivity index (χ3v) is 13.1. The molecule has 1 aromatic carbocycles. The van der Waals surface area contributed by atoms with E-state index in [1.807, 2.05) is 0 Å². The van der Waals surface area contributed by atoms with Crippen LogP contribution in [0.25, 0.3) is 6.08 Å². The van der Waals surface area contributed by atoms with E-state index in [0.717, 1.165) is 3.63 Å². The van der Waals surface area contributed by atoms with Crippen molar-refractivity contribution >= 4 is 12.0 Å². The predicted molar refractivity (Wildman–Crippen MR) is 70.9 cm³/mol. The smallest absolute Gasteiger partial charge is 1.00 e. The van der Waals surface area contributed by atoms with E-state index in [1.165, 1.54) is 18.4 Å². The number of hydrogen-bond donors (Lipinski definition) is 0. The third-order valence-electron chi connectivity index (χ3n) is 3.06. The van der Waals surface area contributed by atoms with Gasteiger partial charge in [-0.05, 0) is 0 Å². The Morgan fingerprint density at radius 1 is 1.17 bits per heavy atom. The van der Waals surface area contributed by atoms with Crippen molar-refractivity contribution in [1.82, 2.24) is 0 Å². The Hall–Kier alpha value is 1.52. The van der Waals surface area contributed by atoms with Crippen molar-refractivity contribution in [2.24, 2.45) is 0 Å². The molecule has 18 heavy (non-hydrogen) atoms. The summed E-state index contributed by atoms with van der Waals surface area (Å²) in [5.74, 6) is -0.317. The van der Waals surface area contributed by atoms with Gasteiger partial charge in [0.25, 0.3) is 0 Å². The molecule has 0 fully saturated rings. The Morgan fingerprint density at radius 3 is 2.44 bits per heavy atom. The molecule has 1 aromatic rings. The molecule has 0 nitrogen and oxygen atoms in total. The molecule has 2 rings (SSSR count). The van der Waals surface area contributed by atoms with Crippen LogP contribution in [-0.4, -0.2) is 5.92 Å². The predicted octanol–water partition coefficient (Wildman–Crippen LogP) is -2.00. The first-order valence-corrected chi connectivity index (χ1v) is 14.8. The maximum atomic E-state index is 2.54. The Balaban J connectivity index is 0.00000144. The normalized spacial score (nSPS) is 16.2. The van der Waals surface area contributed by atoms with Crippen LogP contribution < -0.4 is 48.0 Å². The zero-order valence-electron chi connectivity index (χ0n) is 11.2. The van der Waals surface area contributed by atoms with Gasteiger partial charge in [-0.1, -0.05) is 0 Å². The minimum Gasteiger partial charge on any atom is -1.00 e. The SMILES string of the molecule is CCCC1=Cc2ccccc2[CH]1[Zr+2][SiH](C)C.[I-].[I-]. The van der Waals surface area contributed by atoms with E-state index in [9.17, 15) is 0 Å². The van der Waals surface area contributed by atoms with Crippen LogP contribution in [-0.2, 0) is 22.4 Å². The van der Waals surface area contributed by atoms with E-state index in [0.29, 0.717) is 0 Å². The molecule has 0 saturated heterocycles. The van der Waals surface area contributed by atoms with Crippen molar-refractivity contribution in [1.29, 1.82) is 0 Å². The summed E-state index contributed by atoms with van der Waals surface area (Å²) in [5.41, 5.74) is 4.95. The minimum absolute atomic E-state index is 0. The fraction of sp³-hybridized carbons (Fsp3) is 0.429. The summed E-state index contributed by atoms with van der Waals surface area (Å²) in [5, 5.41) is 0. The molecule has 0 aliphatic heterocycles. The first kappa shape index (κ1) is 19.5. The van der Waals surface area contributed by atoms with Crippen LogP contribution in [0.5, 0.6) is 0 Å². The van der Waals surface area contributed by atoms with E-state index in [2.05, 4.69) is 50.4 Å². The molecule has 0 N–H and O–H groups in total. The second-order valence-corrected chi connectivity index (χ2v) is 19.9. The zero-order valence-corrected chi connectivity index (χ0v) is 19.1. The maximum absolute atomic E-state index is 2.54. The molecule has 1 aliphatic carbocycles. The van der Waals surface area contributed by atoms with Crippen molar-refractivity contribution in [3.63, 3.8) is 0 Å². The van der Waals surface area contributed by atoms with Crippen LogP contribution in [0.2, 0.25) is 13.1 Å². The maximum Gasteiger partial charge on any atom is -1.00 e. The summed E-state index contributed by atoms with van der Waals surface area (Å²) in [6, 6.07) is 9.07. The van der Waals surface area contributed by atoms with Gasteiger partial charge >= 0.3 is 112 Å². The van der Waals surface area contributed by atoms with E-state index < -0.39 is 0 Å².